The molecule has 5 aromatic rings. The topological polar surface area (TPSA) is 96.5 Å². The van der Waals surface area contributed by atoms with Crippen LogP contribution in [-0.2, 0) is 0 Å². The van der Waals surface area contributed by atoms with Crippen LogP contribution in [-0.4, -0.2) is 40.3 Å². The summed E-state index contributed by atoms with van der Waals surface area (Å²) in [4.78, 5) is 12.5. The van der Waals surface area contributed by atoms with Crippen molar-refractivity contribution in [1.82, 2.24) is 9.78 Å². The highest BCUT2D eigenvalue weighted by atomic mass is 16.5. The van der Waals surface area contributed by atoms with Crippen LogP contribution in [0.5, 0.6) is 17.2 Å². The van der Waals surface area contributed by atoms with E-state index < -0.39 is 0 Å². The Morgan fingerprint density at radius 1 is 0.884 bits per heavy atom. The van der Waals surface area contributed by atoms with Gasteiger partial charge in [0, 0.05) is 5.56 Å². The number of benzene rings is 4. The zero-order valence-electron chi connectivity index (χ0n) is 24.0. The lowest BCUT2D eigenvalue weighted by Crippen LogP contribution is -2.46. The van der Waals surface area contributed by atoms with Gasteiger partial charge in [0.1, 0.15) is 5.75 Å². The van der Waals surface area contributed by atoms with Crippen LogP contribution in [0.2, 0.25) is 0 Å². The summed E-state index contributed by atoms with van der Waals surface area (Å²) in [5.74, 6) is 3.10. The monoisotopic (exact) mass is 570 g/mol. The van der Waals surface area contributed by atoms with E-state index in [1.54, 1.807) is 13.2 Å². The van der Waals surface area contributed by atoms with Crippen LogP contribution in [0.15, 0.2) is 107 Å². The minimum Gasteiger partial charge on any atom is -0.504 e. The molecule has 214 valence electrons. The van der Waals surface area contributed by atoms with Crippen molar-refractivity contribution in [3.8, 4) is 22.9 Å². The molecule has 43 heavy (non-hydrogen) atoms. The fraction of sp³-hybridized carbons (Fsp3) is 0.147. The van der Waals surface area contributed by atoms with E-state index in [2.05, 4.69) is 10.2 Å². The molecule has 2 aliphatic heterocycles. The van der Waals surface area contributed by atoms with Crippen molar-refractivity contribution >= 4 is 34.6 Å². The molecule has 0 saturated heterocycles. The first-order chi connectivity index (χ1) is 21.1. The van der Waals surface area contributed by atoms with Crippen molar-refractivity contribution in [2.75, 3.05) is 23.9 Å². The van der Waals surface area contributed by atoms with Crippen LogP contribution in [0.4, 0.5) is 22.9 Å². The maximum Gasteiger partial charge on any atom is 0.179 e. The number of phenolic OH excluding ortho intramolecular Hbond substituents is 1. The Balaban J connectivity index is 1.49. The average Bonchev–Trinajstić information content (AvgIpc) is 3.37. The van der Waals surface area contributed by atoms with Gasteiger partial charge >= 0.3 is 0 Å². The van der Waals surface area contributed by atoms with Gasteiger partial charge in [-0.05, 0) is 67.9 Å². The summed E-state index contributed by atoms with van der Waals surface area (Å²) in [6.45, 7) is 4.50. The van der Waals surface area contributed by atoms with E-state index in [1.807, 2.05) is 110 Å². The largest absolute Gasteiger partial charge is 0.504 e. The predicted octanol–water partition coefficient (Wildman–Crippen LogP) is 7.09. The van der Waals surface area contributed by atoms with Crippen LogP contribution in [0, 0.1) is 6.92 Å². The first-order valence-corrected chi connectivity index (χ1v) is 14.1. The Morgan fingerprint density at radius 2 is 1.65 bits per heavy atom. The Hall–Kier alpha value is -5.57. The van der Waals surface area contributed by atoms with Crippen LogP contribution < -0.4 is 19.7 Å². The lowest BCUT2D eigenvalue weighted by atomic mass is 9.93. The molecule has 3 heterocycles. The lowest BCUT2D eigenvalue weighted by molar-refractivity contribution is 0.342. The van der Waals surface area contributed by atoms with Gasteiger partial charge in [-0.15, -0.1) is 0 Å². The molecule has 0 saturated carbocycles. The van der Waals surface area contributed by atoms with Gasteiger partial charge in [0.2, 0.25) is 0 Å². The van der Waals surface area contributed by atoms with E-state index in [0.29, 0.717) is 29.8 Å². The molecule has 0 spiro atoms. The third kappa shape index (κ3) is 4.46. The highest BCUT2D eigenvalue weighted by molar-refractivity contribution is 6.51. The summed E-state index contributed by atoms with van der Waals surface area (Å²) >= 11 is 0. The van der Waals surface area contributed by atoms with Crippen LogP contribution in [0.1, 0.15) is 29.8 Å². The molecule has 1 aromatic heterocycles. The summed E-state index contributed by atoms with van der Waals surface area (Å²) in [6.07, 6.45) is 0. The van der Waals surface area contributed by atoms with E-state index in [1.165, 1.54) is 0 Å². The van der Waals surface area contributed by atoms with Gasteiger partial charge in [0.05, 0.1) is 48.2 Å². The van der Waals surface area contributed by atoms with Gasteiger partial charge in [-0.2, -0.15) is 5.10 Å². The number of aromatic nitrogens is 2. The standard InChI is InChI=1S/C34H30N6O3/c1-4-43-28-17-11-9-15-25(28)36-32-34-37-33-30(21(2)38-40(33)23-12-6-5-7-13-23)31(22-18-19-27(41)29(20-22)42-3)39(34)26-16-10-8-14-24(26)35-32/h5-20,31,41H,4H2,1-3H3,(H,35,36)/t31-/m0/s1. The number of hydrogen-bond acceptors (Lipinski definition) is 8. The van der Waals surface area contributed by atoms with Crippen molar-refractivity contribution in [3.63, 3.8) is 0 Å². The normalized spacial score (nSPS) is 15.0. The zero-order valence-corrected chi connectivity index (χ0v) is 24.0. The molecule has 7 rings (SSSR count). The molecule has 0 amide bonds. The number of para-hydroxylation sites is 5. The molecule has 0 unspecified atom stereocenters. The molecule has 9 nitrogen and oxygen atoms in total. The highest BCUT2D eigenvalue weighted by Crippen LogP contribution is 2.49. The Bertz CT molecular complexity index is 1900. The number of amidine groups is 2. The smallest absolute Gasteiger partial charge is 0.179 e. The number of anilines is 2. The molecule has 0 radical (unpaired) electrons. The highest BCUT2D eigenvalue weighted by Gasteiger charge is 2.41. The SMILES string of the molecule is CCOc1ccccc1NC1=Nc2ccccc2N2C1=Nc1c(c(C)nn1-c1ccccc1)[C@@H]2c1ccc(O)c(OC)c1. The summed E-state index contributed by atoms with van der Waals surface area (Å²) in [5, 5.41) is 19.0. The number of methoxy groups -OCH3 is 1. The number of rotatable bonds is 6. The molecule has 0 fully saturated rings. The summed E-state index contributed by atoms with van der Waals surface area (Å²) in [5.41, 5.74) is 6.08. The van der Waals surface area contributed by atoms with Gasteiger partial charge in [0.25, 0.3) is 0 Å². The number of nitrogens with zero attached hydrogens (tertiary/aromatic N) is 5. The number of aliphatic imine (C=N–C) groups is 2. The number of fused-ring (bicyclic) bond motifs is 4. The first-order valence-electron chi connectivity index (χ1n) is 14.1. The van der Waals surface area contributed by atoms with Crippen molar-refractivity contribution in [1.29, 1.82) is 0 Å². The van der Waals surface area contributed by atoms with Gasteiger partial charge < -0.3 is 24.8 Å². The van der Waals surface area contributed by atoms with E-state index in [9.17, 15) is 5.11 Å². The van der Waals surface area contributed by atoms with E-state index in [0.717, 1.165) is 45.3 Å². The lowest BCUT2D eigenvalue weighted by Gasteiger charge is -2.40. The number of aryl methyl sites for hydroxylation is 1. The number of aromatic hydroxyl groups is 1. The van der Waals surface area contributed by atoms with E-state index >= 15 is 0 Å². The average molecular weight is 571 g/mol. The minimum absolute atomic E-state index is 0.0726. The van der Waals surface area contributed by atoms with Gasteiger partial charge in [-0.25, -0.2) is 14.7 Å². The fourth-order valence-corrected chi connectivity index (χ4v) is 5.71. The zero-order chi connectivity index (χ0) is 29.5. The number of ether oxygens (including phenoxy) is 2. The molecular weight excluding hydrogens is 540 g/mol. The van der Waals surface area contributed by atoms with Crippen molar-refractivity contribution in [3.05, 3.63) is 114 Å². The molecule has 0 aliphatic carbocycles. The fourth-order valence-electron chi connectivity index (χ4n) is 5.71. The van der Waals surface area contributed by atoms with Crippen LogP contribution >= 0.6 is 0 Å². The van der Waals surface area contributed by atoms with Crippen LogP contribution in [0.25, 0.3) is 5.69 Å². The van der Waals surface area contributed by atoms with Gasteiger partial charge in [-0.3, -0.25) is 0 Å². The second kappa shape index (κ2) is 10.7. The molecule has 2 N–H and O–H groups in total. The number of nitrogens with one attached hydrogen (secondary N) is 1. The van der Waals surface area contributed by atoms with Crippen molar-refractivity contribution < 1.29 is 14.6 Å². The Labute approximate surface area is 249 Å². The molecule has 2 aliphatic rings. The predicted molar refractivity (Wildman–Crippen MR) is 169 cm³/mol. The summed E-state index contributed by atoms with van der Waals surface area (Å²) < 4.78 is 13.3. The molecule has 1 atom stereocenters. The van der Waals surface area contributed by atoms with E-state index in [4.69, 9.17) is 24.6 Å². The quantitative estimate of drug-likeness (QED) is 0.226. The first kappa shape index (κ1) is 26.3. The Kier molecular flexibility index (Phi) is 6.54. The number of phenols is 1. The maximum atomic E-state index is 10.5. The molecule has 0 bridgehead atoms. The second-order valence-electron chi connectivity index (χ2n) is 10.2. The van der Waals surface area contributed by atoms with Gasteiger partial charge in [-0.1, -0.05) is 48.5 Å². The third-order valence-corrected chi connectivity index (χ3v) is 7.60. The summed E-state index contributed by atoms with van der Waals surface area (Å²) in [6, 6.07) is 30.9. The minimum atomic E-state index is -0.356. The van der Waals surface area contributed by atoms with Crippen molar-refractivity contribution in [2.45, 2.75) is 19.9 Å². The molecular formula is C34H30N6O3. The number of hydrogen-bond donors (Lipinski definition) is 2. The second-order valence-corrected chi connectivity index (χ2v) is 10.2. The maximum absolute atomic E-state index is 10.5. The Morgan fingerprint density at radius 3 is 2.47 bits per heavy atom. The van der Waals surface area contributed by atoms with E-state index in [-0.39, 0.29) is 11.8 Å². The van der Waals surface area contributed by atoms with Gasteiger partial charge in [0.15, 0.2) is 29.0 Å². The molecule has 4 aromatic carbocycles. The van der Waals surface area contributed by atoms with Crippen molar-refractivity contribution in [2.24, 2.45) is 9.98 Å². The summed E-state index contributed by atoms with van der Waals surface area (Å²) in [7, 11) is 1.55. The molecule has 9 heteroatoms. The van der Waals surface area contributed by atoms with Crippen LogP contribution in [0.3, 0.4) is 0 Å². The third-order valence-electron chi connectivity index (χ3n) is 7.60.